The topological polar surface area (TPSA) is 131 Å². The maximum atomic E-state index is 12.4. The highest BCUT2D eigenvalue weighted by Gasteiger charge is 2.37. The predicted molar refractivity (Wildman–Crippen MR) is 115 cm³/mol. The lowest BCUT2D eigenvalue weighted by Crippen LogP contribution is -2.45. The molecule has 0 aliphatic carbocycles. The molecule has 31 heavy (non-hydrogen) atoms. The highest BCUT2D eigenvalue weighted by molar-refractivity contribution is 7.85. The Balaban J connectivity index is 0.000000262. The minimum atomic E-state index is -4.02. The van der Waals surface area contributed by atoms with Crippen LogP contribution in [0.3, 0.4) is 0 Å². The first-order valence-corrected chi connectivity index (χ1v) is 11.6. The van der Waals surface area contributed by atoms with Gasteiger partial charge in [0.2, 0.25) is 11.8 Å². The Morgan fingerprint density at radius 1 is 1.29 bits per heavy atom. The van der Waals surface area contributed by atoms with Gasteiger partial charge in [-0.3, -0.25) is 14.1 Å². The lowest BCUT2D eigenvalue weighted by atomic mass is 10.0. The van der Waals surface area contributed by atoms with E-state index in [1.165, 1.54) is 12.1 Å². The average Bonchev–Trinajstić information content (AvgIpc) is 3.36. The van der Waals surface area contributed by atoms with Crippen LogP contribution in [0.25, 0.3) is 0 Å². The van der Waals surface area contributed by atoms with Crippen molar-refractivity contribution in [3.8, 4) is 6.07 Å². The second kappa shape index (κ2) is 10.7. The van der Waals surface area contributed by atoms with Crippen LogP contribution in [0.5, 0.6) is 0 Å². The van der Waals surface area contributed by atoms with Gasteiger partial charge in [-0.05, 0) is 50.8 Å². The summed E-state index contributed by atoms with van der Waals surface area (Å²) in [7, 11) is -0.529. The highest BCUT2D eigenvalue weighted by Crippen LogP contribution is 2.23. The number of hydrogen-bond donors (Lipinski definition) is 2. The molecule has 0 aromatic heterocycles. The van der Waals surface area contributed by atoms with E-state index >= 15 is 0 Å². The predicted octanol–water partition coefficient (Wildman–Crippen LogP) is 1.20. The quantitative estimate of drug-likeness (QED) is 0.659. The van der Waals surface area contributed by atoms with Crippen LogP contribution in [0.1, 0.15) is 31.2 Å². The van der Waals surface area contributed by atoms with Gasteiger partial charge in [0, 0.05) is 27.1 Å². The van der Waals surface area contributed by atoms with Crippen LogP contribution in [0.2, 0.25) is 0 Å². The van der Waals surface area contributed by atoms with Crippen LogP contribution >= 0.6 is 0 Å². The zero-order chi connectivity index (χ0) is 23.2. The summed E-state index contributed by atoms with van der Waals surface area (Å²) in [5.41, 5.74) is 0.956. The maximum Gasteiger partial charge on any atom is 0.294 e. The maximum absolute atomic E-state index is 12.4. The molecule has 0 unspecified atom stereocenters. The Kier molecular flexibility index (Phi) is 8.56. The Hall–Kier alpha value is -2.48. The Bertz CT molecular complexity index is 924. The van der Waals surface area contributed by atoms with Crippen molar-refractivity contribution in [2.24, 2.45) is 5.92 Å². The number of aryl methyl sites for hydroxylation is 1. The largest absolute Gasteiger partial charge is 0.349 e. The normalized spacial score (nSPS) is 22.9. The van der Waals surface area contributed by atoms with E-state index in [0.717, 1.165) is 18.4 Å². The lowest BCUT2D eigenvalue weighted by Gasteiger charge is -2.23. The summed E-state index contributed by atoms with van der Waals surface area (Å²) in [5, 5.41) is 12.2. The first kappa shape index (κ1) is 24.8. The Morgan fingerprint density at radius 3 is 2.48 bits per heavy atom. The SMILES string of the molecule is CN(C)C(=O)C[C@@H]1CN[C@H](C(=O)N2CCC[C@H]2C#N)C1.Cc1ccc(S(=O)(=O)O)cc1. The first-order valence-electron chi connectivity index (χ1n) is 10.2. The van der Waals surface area contributed by atoms with E-state index in [4.69, 9.17) is 9.81 Å². The molecule has 2 aliphatic heterocycles. The first-order chi connectivity index (χ1) is 14.5. The van der Waals surface area contributed by atoms with Gasteiger partial charge in [-0.1, -0.05) is 17.7 Å². The number of hydrogen-bond acceptors (Lipinski definition) is 6. The number of nitrogens with one attached hydrogen (secondary N) is 1. The molecule has 2 amide bonds. The second-order valence-electron chi connectivity index (χ2n) is 8.16. The van der Waals surface area contributed by atoms with Gasteiger partial charge in [-0.2, -0.15) is 13.7 Å². The zero-order valence-electron chi connectivity index (χ0n) is 18.1. The fraction of sp³-hybridized carbons (Fsp3) is 0.571. The van der Waals surface area contributed by atoms with Gasteiger partial charge in [-0.15, -0.1) is 0 Å². The van der Waals surface area contributed by atoms with Gasteiger partial charge >= 0.3 is 0 Å². The summed E-state index contributed by atoms with van der Waals surface area (Å²) >= 11 is 0. The van der Waals surface area contributed by atoms with Crippen molar-refractivity contribution < 1.29 is 22.6 Å². The molecule has 1 aromatic carbocycles. The van der Waals surface area contributed by atoms with E-state index < -0.39 is 10.1 Å². The summed E-state index contributed by atoms with van der Waals surface area (Å²) in [6.07, 6.45) is 2.84. The van der Waals surface area contributed by atoms with Crippen LogP contribution in [-0.2, 0) is 19.7 Å². The molecule has 0 bridgehead atoms. The summed E-state index contributed by atoms with van der Waals surface area (Å²) in [5.74, 6) is 0.330. The highest BCUT2D eigenvalue weighted by atomic mass is 32.2. The molecule has 2 N–H and O–H groups in total. The van der Waals surface area contributed by atoms with Crippen molar-refractivity contribution in [2.45, 2.75) is 49.6 Å². The van der Waals surface area contributed by atoms with Gasteiger partial charge in [0.25, 0.3) is 10.1 Å². The number of rotatable bonds is 4. The number of carbonyl (C=O) groups excluding carboxylic acids is 2. The Labute approximate surface area is 183 Å². The lowest BCUT2D eigenvalue weighted by molar-refractivity contribution is -0.133. The second-order valence-corrected chi connectivity index (χ2v) is 9.58. The van der Waals surface area contributed by atoms with Crippen LogP contribution in [0.4, 0.5) is 0 Å². The number of nitriles is 1. The third-order valence-corrected chi connectivity index (χ3v) is 6.35. The molecule has 9 nitrogen and oxygen atoms in total. The van der Waals surface area contributed by atoms with Gasteiger partial charge < -0.3 is 15.1 Å². The molecule has 2 saturated heterocycles. The molecule has 2 fully saturated rings. The standard InChI is InChI=1S/C14H22N4O2.C7H8O3S/c1-17(2)13(19)7-10-6-12(16-9-10)14(20)18-5-3-4-11(18)8-15;1-6-2-4-7(5-3-6)11(8,9)10/h10-12,16H,3-7,9H2,1-2H3;2-5H,1H3,(H,8,9,10)/t10-,11+,12+;/m1./s1. The molecule has 2 heterocycles. The molecule has 3 atom stereocenters. The van der Waals surface area contributed by atoms with Crippen LogP contribution < -0.4 is 5.32 Å². The molecule has 2 aliphatic rings. The third-order valence-electron chi connectivity index (χ3n) is 5.49. The van der Waals surface area contributed by atoms with E-state index in [1.54, 1.807) is 36.0 Å². The van der Waals surface area contributed by atoms with Crippen LogP contribution in [0, 0.1) is 24.2 Å². The van der Waals surface area contributed by atoms with Crippen LogP contribution in [-0.4, -0.2) is 73.9 Å². The monoisotopic (exact) mass is 450 g/mol. The minimum Gasteiger partial charge on any atom is -0.349 e. The van der Waals surface area contributed by atoms with Crippen molar-refractivity contribution in [3.05, 3.63) is 29.8 Å². The van der Waals surface area contributed by atoms with E-state index in [1.807, 2.05) is 6.92 Å². The van der Waals surface area contributed by atoms with E-state index in [9.17, 15) is 18.0 Å². The summed E-state index contributed by atoms with van der Waals surface area (Å²) < 4.78 is 29.6. The molecule has 3 rings (SSSR count). The molecule has 170 valence electrons. The molecular formula is C21H30N4O5S. The fourth-order valence-corrected chi connectivity index (χ4v) is 4.14. The number of benzene rings is 1. The number of amides is 2. The van der Waals surface area contributed by atoms with Gasteiger partial charge in [-0.25, -0.2) is 0 Å². The van der Waals surface area contributed by atoms with Crippen molar-refractivity contribution in [1.82, 2.24) is 15.1 Å². The smallest absolute Gasteiger partial charge is 0.294 e. The number of nitrogens with zero attached hydrogens (tertiary/aromatic N) is 3. The Morgan fingerprint density at radius 2 is 1.94 bits per heavy atom. The van der Waals surface area contributed by atoms with Crippen molar-refractivity contribution >= 4 is 21.9 Å². The summed E-state index contributed by atoms with van der Waals surface area (Å²) in [6, 6.07) is 7.68. The molecule has 0 saturated carbocycles. The minimum absolute atomic E-state index is 0.0221. The van der Waals surface area contributed by atoms with E-state index in [0.29, 0.717) is 25.9 Å². The third kappa shape index (κ3) is 7.02. The fourth-order valence-electron chi connectivity index (χ4n) is 3.66. The average molecular weight is 451 g/mol. The number of carbonyl (C=O) groups is 2. The molecule has 10 heteroatoms. The molecular weight excluding hydrogens is 420 g/mol. The zero-order valence-corrected chi connectivity index (χ0v) is 18.9. The van der Waals surface area contributed by atoms with Crippen LogP contribution in [0.15, 0.2) is 29.2 Å². The molecule has 0 spiro atoms. The van der Waals surface area contributed by atoms with Gasteiger partial charge in [0.05, 0.1) is 17.0 Å². The van der Waals surface area contributed by atoms with Gasteiger partial charge in [0.15, 0.2) is 0 Å². The molecule has 0 radical (unpaired) electrons. The van der Waals surface area contributed by atoms with E-state index in [-0.39, 0.29) is 34.7 Å². The van der Waals surface area contributed by atoms with Crippen molar-refractivity contribution in [3.63, 3.8) is 0 Å². The van der Waals surface area contributed by atoms with Crippen molar-refractivity contribution in [1.29, 1.82) is 5.26 Å². The molecule has 1 aromatic rings. The van der Waals surface area contributed by atoms with Crippen molar-refractivity contribution in [2.75, 3.05) is 27.2 Å². The summed E-state index contributed by atoms with van der Waals surface area (Å²) in [6.45, 7) is 3.21. The number of likely N-dealkylation sites (tertiary alicyclic amines) is 1. The van der Waals surface area contributed by atoms with Gasteiger partial charge in [0.1, 0.15) is 6.04 Å². The summed E-state index contributed by atoms with van der Waals surface area (Å²) in [4.78, 5) is 27.3. The van der Waals surface area contributed by atoms with E-state index in [2.05, 4.69) is 11.4 Å².